The third-order valence-corrected chi connectivity index (χ3v) is 3.99. The molecule has 2 heterocycles. The van der Waals surface area contributed by atoms with Gasteiger partial charge in [-0.05, 0) is 19.1 Å². The van der Waals surface area contributed by atoms with Crippen LogP contribution in [-0.2, 0) is 0 Å². The van der Waals surface area contributed by atoms with Crippen LogP contribution in [0.3, 0.4) is 0 Å². The van der Waals surface area contributed by atoms with E-state index in [4.69, 9.17) is 0 Å². The van der Waals surface area contributed by atoms with Gasteiger partial charge in [-0.25, -0.2) is 4.98 Å². The van der Waals surface area contributed by atoms with Crippen LogP contribution in [0, 0.1) is 0 Å². The van der Waals surface area contributed by atoms with E-state index in [-0.39, 0.29) is 18.1 Å². The predicted octanol–water partition coefficient (Wildman–Crippen LogP) is 3.54. The van der Waals surface area contributed by atoms with Crippen LogP contribution in [0.4, 0.5) is 25.2 Å². The molecule has 2 rings (SSSR count). The molecule has 1 aliphatic rings. The highest BCUT2D eigenvalue weighted by Crippen LogP contribution is 3.02. The first-order valence-corrected chi connectivity index (χ1v) is 7.59. The third-order valence-electron chi connectivity index (χ3n) is 2.86. The lowest BCUT2D eigenvalue weighted by atomic mass is 10.2. The van der Waals surface area contributed by atoms with E-state index in [9.17, 15) is 19.4 Å². The first kappa shape index (κ1) is 14.3. The molecule has 0 saturated carbocycles. The van der Waals surface area contributed by atoms with E-state index in [0.29, 0.717) is 25.7 Å². The molecule has 1 fully saturated rings. The number of pyridine rings is 1. The van der Waals surface area contributed by atoms with Crippen molar-refractivity contribution in [2.45, 2.75) is 17.9 Å². The van der Waals surface area contributed by atoms with E-state index in [2.05, 4.69) is 10.3 Å². The molecule has 0 spiro atoms. The van der Waals surface area contributed by atoms with Gasteiger partial charge in [-0.15, -0.1) is 0 Å². The number of aromatic nitrogens is 1. The number of anilines is 1. The Morgan fingerprint density at radius 2 is 1.95 bits per heavy atom. The van der Waals surface area contributed by atoms with Crippen LogP contribution in [0.1, 0.15) is 6.92 Å². The zero-order valence-corrected chi connectivity index (χ0v) is 10.9. The molecule has 1 N–H and O–H groups in total. The fourth-order valence-corrected chi connectivity index (χ4v) is 2.51. The van der Waals surface area contributed by atoms with Crippen LogP contribution in [0.25, 0.3) is 0 Å². The molecule has 0 unspecified atom stereocenters. The maximum Gasteiger partial charge on any atom is 0.311 e. The monoisotopic (exact) mass is 303 g/mol. The molecule has 3 nitrogen and oxygen atoms in total. The number of nitrogens with one attached hydrogen (secondary N) is 1. The highest BCUT2D eigenvalue weighted by Gasteiger charge is 2.65. The quantitative estimate of drug-likeness (QED) is 0.847. The lowest BCUT2D eigenvalue weighted by Crippen LogP contribution is -2.49. The van der Waals surface area contributed by atoms with Crippen molar-refractivity contribution in [1.82, 2.24) is 10.3 Å². The van der Waals surface area contributed by atoms with Gasteiger partial charge < -0.3 is 10.2 Å². The zero-order chi connectivity index (χ0) is 14.4. The molecule has 9 heteroatoms. The molecule has 0 aromatic carbocycles. The molecular weight excluding hydrogens is 289 g/mol. The van der Waals surface area contributed by atoms with Gasteiger partial charge in [0, 0.05) is 25.7 Å². The fourth-order valence-electron chi connectivity index (χ4n) is 1.93. The minimum absolute atomic E-state index is 0.172. The molecule has 0 bridgehead atoms. The van der Waals surface area contributed by atoms with Crippen molar-refractivity contribution in [2.24, 2.45) is 0 Å². The van der Waals surface area contributed by atoms with Gasteiger partial charge in [0.15, 0.2) is 0 Å². The second kappa shape index (κ2) is 3.72. The Morgan fingerprint density at radius 3 is 2.42 bits per heavy atom. The van der Waals surface area contributed by atoms with E-state index in [1.807, 2.05) is 6.92 Å². The number of hydrogen-bond donors (Lipinski definition) is 1. The summed E-state index contributed by atoms with van der Waals surface area (Å²) in [7, 11) is -9.62. The predicted molar refractivity (Wildman–Crippen MR) is 65.3 cm³/mol. The van der Waals surface area contributed by atoms with Crippen molar-refractivity contribution < 1.29 is 19.4 Å². The van der Waals surface area contributed by atoms with E-state index in [1.165, 1.54) is 0 Å². The molecular formula is C10H14F5N3S. The summed E-state index contributed by atoms with van der Waals surface area (Å²) in [6, 6.07) is 1.56. The van der Waals surface area contributed by atoms with E-state index in [1.54, 1.807) is 4.90 Å². The van der Waals surface area contributed by atoms with E-state index in [0.717, 1.165) is 6.07 Å². The van der Waals surface area contributed by atoms with Gasteiger partial charge in [-0.1, -0.05) is 19.4 Å². The van der Waals surface area contributed by atoms with Crippen LogP contribution < -0.4 is 10.2 Å². The first-order valence-electron chi connectivity index (χ1n) is 5.64. The highest BCUT2D eigenvalue weighted by molar-refractivity contribution is 8.45. The first-order chi connectivity index (χ1) is 8.45. The molecule has 1 aliphatic heterocycles. The second-order valence-electron chi connectivity index (χ2n) is 4.62. The lowest BCUT2D eigenvalue weighted by molar-refractivity contribution is 0.363. The summed E-state index contributed by atoms with van der Waals surface area (Å²) in [5, 5.41) is 3.17. The van der Waals surface area contributed by atoms with Crippen LogP contribution in [-0.4, -0.2) is 30.7 Å². The second-order valence-corrected chi connectivity index (χ2v) is 7.03. The minimum atomic E-state index is -9.62. The van der Waals surface area contributed by atoms with Gasteiger partial charge in [0.05, 0.1) is 6.20 Å². The van der Waals surface area contributed by atoms with E-state index >= 15 is 0 Å². The van der Waals surface area contributed by atoms with Crippen molar-refractivity contribution in [2.75, 3.05) is 24.5 Å². The van der Waals surface area contributed by atoms with Gasteiger partial charge in [0.1, 0.15) is 10.7 Å². The average molecular weight is 303 g/mol. The van der Waals surface area contributed by atoms with E-state index < -0.39 is 15.1 Å². The summed E-state index contributed by atoms with van der Waals surface area (Å²) < 4.78 is 62.6. The third kappa shape index (κ3) is 3.47. The molecule has 0 aliphatic carbocycles. The van der Waals surface area contributed by atoms with Crippen molar-refractivity contribution in [3.05, 3.63) is 18.3 Å². The van der Waals surface area contributed by atoms with Gasteiger partial charge in [0.2, 0.25) is 0 Å². The molecule has 0 amide bonds. The number of hydrogen-bond acceptors (Lipinski definition) is 3. The van der Waals surface area contributed by atoms with Crippen LogP contribution >= 0.6 is 10.2 Å². The maximum absolute atomic E-state index is 12.5. The largest absolute Gasteiger partial charge is 0.354 e. The number of nitrogens with zero attached hydrogens (tertiary/aromatic N) is 2. The summed E-state index contributed by atoms with van der Waals surface area (Å²) in [6.45, 7) is 3.75. The molecule has 1 atom stereocenters. The molecule has 0 radical (unpaired) electrons. The molecule has 1 aromatic heterocycles. The summed E-state index contributed by atoms with van der Waals surface area (Å²) in [4.78, 5) is 3.33. The molecule has 1 saturated heterocycles. The topological polar surface area (TPSA) is 28.2 Å². The molecule has 1 aromatic rings. The normalized spacial score (nSPS) is 24.7. The Kier molecular flexibility index (Phi) is 2.81. The zero-order valence-electron chi connectivity index (χ0n) is 10.1. The standard InChI is InChI=1S/C10H14F5N3S/c1-8-7-18(5-4-16-8)10-3-2-9(6-17-10)19(11,12,13,14)15/h2-3,6,8,16H,4-5,7H2,1H3/t8-/m1/s1. The smallest absolute Gasteiger partial charge is 0.311 e. The highest BCUT2D eigenvalue weighted by atomic mass is 32.5. The summed E-state index contributed by atoms with van der Waals surface area (Å²) in [5.74, 6) is 0.277. The van der Waals surface area contributed by atoms with Crippen molar-refractivity contribution in [1.29, 1.82) is 0 Å². The maximum atomic E-state index is 12.5. The average Bonchev–Trinajstić information content (AvgIpc) is 2.26. The van der Waals surface area contributed by atoms with Gasteiger partial charge >= 0.3 is 10.2 Å². The van der Waals surface area contributed by atoms with Crippen LogP contribution in [0.5, 0.6) is 0 Å². The van der Waals surface area contributed by atoms with Gasteiger partial charge in [-0.3, -0.25) is 0 Å². The Balaban J connectivity index is 2.25. The molecule has 19 heavy (non-hydrogen) atoms. The van der Waals surface area contributed by atoms with Crippen LogP contribution in [0.2, 0.25) is 0 Å². The van der Waals surface area contributed by atoms with Crippen molar-refractivity contribution in [3.8, 4) is 0 Å². The summed E-state index contributed by atoms with van der Waals surface area (Å²) >= 11 is 0. The Bertz CT molecular complexity index is 472. The summed E-state index contributed by atoms with van der Waals surface area (Å²) in [6.07, 6.45) is 0.212. The Labute approximate surface area is 107 Å². The fraction of sp³-hybridized carbons (Fsp3) is 0.500. The number of halogens is 5. The number of rotatable bonds is 2. The number of piperazine rings is 1. The summed E-state index contributed by atoms with van der Waals surface area (Å²) in [5.41, 5.74) is 0. The van der Waals surface area contributed by atoms with Crippen LogP contribution in [0.15, 0.2) is 23.2 Å². The Morgan fingerprint density at radius 1 is 1.26 bits per heavy atom. The van der Waals surface area contributed by atoms with Gasteiger partial charge in [0.25, 0.3) is 0 Å². The molecule has 110 valence electrons. The Hall–Kier alpha value is -1.09. The van der Waals surface area contributed by atoms with Gasteiger partial charge in [-0.2, -0.15) is 0 Å². The van der Waals surface area contributed by atoms with Crippen molar-refractivity contribution >= 4 is 16.0 Å². The lowest BCUT2D eigenvalue weighted by Gasteiger charge is -2.40. The minimum Gasteiger partial charge on any atom is -0.354 e. The van der Waals surface area contributed by atoms with Crippen molar-refractivity contribution in [3.63, 3.8) is 0 Å². The SMILES string of the molecule is C[C@@H]1CN(c2ccc(S(F)(F)(F)(F)F)cn2)CCN1.